The molecule has 1 amide bonds. The predicted molar refractivity (Wildman–Crippen MR) is 97.2 cm³/mol. The number of carbonyl (C=O) groups is 1. The van der Waals surface area contributed by atoms with Crippen LogP contribution < -0.4 is 10.2 Å². The molecule has 2 fully saturated rings. The van der Waals surface area contributed by atoms with E-state index in [0.29, 0.717) is 24.8 Å². The topological polar surface area (TPSA) is 59.4 Å². The van der Waals surface area contributed by atoms with Crippen molar-refractivity contribution in [3.63, 3.8) is 0 Å². The van der Waals surface area contributed by atoms with Crippen LogP contribution in [0, 0.1) is 0 Å². The fourth-order valence-corrected chi connectivity index (χ4v) is 3.78. The molecule has 2 aromatic rings. The second-order valence-corrected chi connectivity index (χ2v) is 6.67. The molecule has 0 unspecified atom stereocenters. The Hall–Kier alpha value is -2.34. The van der Waals surface area contributed by atoms with Gasteiger partial charge in [-0.15, -0.1) is 0 Å². The fourth-order valence-electron chi connectivity index (χ4n) is 3.78. The molecular formula is C19H24N4O2. The Morgan fingerprint density at radius 3 is 2.68 bits per heavy atom. The van der Waals surface area contributed by atoms with E-state index in [1.165, 1.54) is 12.8 Å². The van der Waals surface area contributed by atoms with Crippen molar-refractivity contribution in [2.75, 3.05) is 36.5 Å². The van der Waals surface area contributed by atoms with Crippen LogP contribution in [0.5, 0.6) is 0 Å². The van der Waals surface area contributed by atoms with Gasteiger partial charge in [-0.25, -0.2) is 4.68 Å². The number of aromatic nitrogens is 2. The number of benzene rings is 1. The van der Waals surface area contributed by atoms with E-state index in [0.717, 1.165) is 37.4 Å². The number of nitrogens with zero attached hydrogens (tertiary/aromatic N) is 3. The Labute approximate surface area is 147 Å². The zero-order chi connectivity index (χ0) is 17.1. The summed E-state index contributed by atoms with van der Waals surface area (Å²) in [5, 5.41) is 7.50. The Bertz CT molecular complexity index is 731. The molecule has 1 saturated heterocycles. The zero-order valence-corrected chi connectivity index (χ0v) is 14.4. The molecule has 0 bridgehead atoms. The van der Waals surface area contributed by atoms with Crippen LogP contribution in [0.1, 0.15) is 42.1 Å². The van der Waals surface area contributed by atoms with Crippen LogP contribution in [0.3, 0.4) is 0 Å². The molecule has 1 aromatic heterocycles. The monoisotopic (exact) mass is 340 g/mol. The number of nitrogens with one attached hydrogen (secondary N) is 1. The molecule has 4 rings (SSSR count). The second kappa shape index (κ2) is 7.27. The van der Waals surface area contributed by atoms with Crippen LogP contribution in [0.2, 0.25) is 0 Å². The van der Waals surface area contributed by atoms with Gasteiger partial charge in [0, 0.05) is 24.8 Å². The highest BCUT2D eigenvalue weighted by atomic mass is 16.5. The van der Waals surface area contributed by atoms with Gasteiger partial charge in [0.25, 0.3) is 5.91 Å². The summed E-state index contributed by atoms with van der Waals surface area (Å²) in [6, 6.07) is 10.1. The molecule has 0 atom stereocenters. The summed E-state index contributed by atoms with van der Waals surface area (Å²) < 4.78 is 7.40. The Morgan fingerprint density at radius 2 is 1.88 bits per heavy atom. The van der Waals surface area contributed by atoms with Crippen LogP contribution in [0.4, 0.5) is 11.5 Å². The van der Waals surface area contributed by atoms with E-state index >= 15 is 0 Å². The molecule has 1 aromatic carbocycles. The highest BCUT2D eigenvalue weighted by Crippen LogP contribution is 2.31. The molecule has 0 spiro atoms. The first-order valence-electron chi connectivity index (χ1n) is 9.09. The van der Waals surface area contributed by atoms with E-state index in [9.17, 15) is 4.79 Å². The normalized spacial score (nSPS) is 18.5. The average molecular weight is 340 g/mol. The van der Waals surface area contributed by atoms with Crippen molar-refractivity contribution in [3.05, 3.63) is 42.1 Å². The third-order valence-electron chi connectivity index (χ3n) is 5.08. The lowest BCUT2D eigenvalue weighted by atomic mass is 10.1. The van der Waals surface area contributed by atoms with Gasteiger partial charge in [-0.1, -0.05) is 25.0 Å². The van der Waals surface area contributed by atoms with Crippen LogP contribution in [0.15, 0.2) is 36.5 Å². The van der Waals surface area contributed by atoms with Crippen molar-refractivity contribution in [2.45, 2.75) is 31.7 Å². The summed E-state index contributed by atoms with van der Waals surface area (Å²) in [7, 11) is 0. The second-order valence-electron chi connectivity index (χ2n) is 6.67. The van der Waals surface area contributed by atoms with Gasteiger partial charge in [0.2, 0.25) is 0 Å². The Balaban J connectivity index is 1.55. The molecule has 6 heteroatoms. The average Bonchev–Trinajstić information content (AvgIpc) is 3.34. The van der Waals surface area contributed by atoms with E-state index in [-0.39, 0.29) is 5.91 Å². The van der Waals surface area contributed by atoms with Crippen LogP contribution in [-0.2, 0) is 4.74 Å². The molecule has 1 saturated carbocycles. The van der Waals surface area contributed by atoms with Crippen molar-refractivity contribution < 1.29 is 9.53 Å². The molecule has 6 nitrogen and oxygen atoms in total. The van der Waals surface area contributed by atoms with E-state index in [1.807, 2.05) is 35.0 Å². The van der Waals surface area contributed by atoms with Crippen molar-refractivity contribution >= 4 is 17.4 Å². The minimum atomic E-state index is -0.0816. The maximum atomic E-state index is 12.9. The summed E-state index contributed by atoms with van der Waals surface area (Å²) >= 11 is 0. The van der Waals surface area contributed by atoms with Crippen molar-refractivity contribution in [3.8, 4) is 0 Å². The van der Waals surface area contributed by atoms with Crippen LogP contribution >= 0.6 is 0 Å². The van der Waals surface area contributed by atoms with Gasteiger partial charge in [-0.05, 0) is 25.0 Å². The Kier molecular flexibility index (Phi) is 4.70. The number of rotatable bonds is 4. The van der Waals surface area contributed by atoms with Crippen molar-refractivity contribution in [2.24, 2.45) is 0 Å². The third-order valence-corrected chi connectivity index (χ3v) is 5.08. The number of para-hydroxylation sites is 1. The first-order chi connectivity index (χ1) is 12.3. The van der Waals surface area contributed by atoms with Gasteiger partial charge < -0.3 is 15.0 Å². The first kappa shape index (κ1) is 16.1. The van der Waals surface area contributed by atoms with Crippen LogP contribution in [0.25, 0.3) is 0 Å². The molecular weight excluding hydrogens is 316 g/mol. The van der Waals surface area contributed by atoms with E-state index < -0.39 is 0 Å². The van der Waals surface area contributed by atoms with Gasteiger partial charge in [0.1, 0.15) is 5.82 Å². The van der Waals surface area contributed by atoms with Crippen molar-refractivity contribution in [1.29, 1.82) is 0 Å². The number of ether oxygens (including phenoxy) is 1. The van der Waals surface area contributed by atoms with Gasteiger partial charge in [-0.2, -0.15) is 5.10 Å². The highest BCUT2D eigenvalue weighted by molar-refractivity contribution is 6.07. The molecule has 1 N–H and O–H groups in total. The fraction of sp³-hybridized carbons (Fsp3) is 0.474. The third kappa shape index (κ3) is 3.39. The number of amides is 1. The molecule has 2 aliphatic rings. The summed E-state index contributed by atoms with van der Waals surface area (Å²) in [6.45, 7) is 3.02. The molecule has 25 heavy (non-hydrogen) atoms. The predicted octanol–water partition coefficient (Wildman–Crippen LogP) is 3.09. The van der Waals surface area contributed by atoms with E-state index in [1.54, 1.807) is 6.20 Å². The largest absolute Gasteiger partial charge is 0.378 e. The van der Waals surface area contributed by atoms with Gasteiger partial charge in [0.05, 0.1) is 31.0 Å². The molecule has 2 heterocycles. The van der Waals surface area contributed by atoms with Crippen molar-refractivity contribution in [1.82, 2.24) is 9.78 Å². The molecule has 1 aliphatic carbocycles. The quantitative estimate of drug-likeness (QED) is 0.929. The van der Waals surface area contributed by atoms with E-state index in [2.05, 4.69) is 15.3 Å². The summed E-state index contributed by atoms with van der Waals surface area (Å²) in [5.74, 6) is 0.704. The lowest BCUT2D eigenvalue weighted by Crippen LogP contribution is -2.37. The lowest BCUT2D eigenvalue weighted by Gasteiger charge is -2.30. The molecule has 0 radical (unpaired) electrons. The summed E-state index contributed by atoms with van der Waals surface area (Å²) in [5.41, 5.74) is 1.67. The molecule has 132 valence electrons. The Morgan fingerprint density at radius 1 is 1.12 bits per heavy atom. The highest BCUT2D eigenvalue weighted by Gasteiger charge is 2.22. The zero-order valence-electron chi connectivity index (χ0n) is 14.4. The summed E-state index contributed by atoms with van der Waals surface area (Å²) in [6.07, 6.45) is 6.50. The first-order valence-corrected chi connectivity index (χ1v) is 9.09. The van der Waals surface area contributed by atoms with Crippen LogP contribution in [-0.4, -0.2) is 42.0 Å². The smallest absolute Gasteiger partial charge is 0.258 e. The number of morpholine rings is 1. The van der Waals surface area contributed by atoms with Gasteiger partial charge in [-0.3, -0.25) is 4.79 Å². The number of carbonyl (C=O) groups excluding carboxylic acids is 1. The standard InChI is InChI=1S/C19H24N4O2/c24-19(21-18-9-10-20-23(18)15-5-1-2-6-15)16-7-3-4-8-17(16)22-11-13-25-14-12-22/h3-4,7-10,15H,1-2,5-6,11-14H2,(H,21,24). The molecule has 1 aliphatic heterocycles. The minimum Gasteiger partial charge on any atom is -0.378 e. The number of hydrogen-bond donors (Lipinski definition) is 1. The lowest BCUT2D eigenvalue weighted by molar-refractivity contribution is 0.102. The van der Waals surface area contributed by atoms with Gasteiger partial charge in [0.15, 0.2) is 0 Å². The SMILES string of the molecule is O=C(Nc1ccnn1C1CCCC1)c1ccccc1N1CCOCC1. The number of anilines is 2. The van der Waals surface area contributed by atoms with E-state index in [4.69, 9.17) is 4.74 Å². The van der Waals surface area contributed by atoms with Gasteiger partial charge >= 0.3 is 0 Å². The summed E-state index contributed by atoms with van der Waals surface area (Å²) in [4.78, 5) is 15.1. The number of hydrogen-bond acceptors (Lipinski definition) is 4. The minimum absolute atomic E-state index is 0.0816. The maximum absolute atomic E-state index is 12.9. The maximum Gasteiger partial charge on any atom is 0.258 e.